The molecule has 20 heavy (non-hydrogen) atoms. The zero-order valence-corrected chi connectivity index (χ0v) is 11.7. The third kappa shape index (κ3) is 2.92. The molecule has 3 rings (SSSR count). The van der Waals surface area contributed by atoms with Crippen LogP contribution in [0.3, 0.4) is 0 Å². The van der Waals surface area contributed by atoms with Gasteiger partial charge in [0.25, 0.3) is 0 Å². The van der Waals surface area contributed by atoms with Crippen LogP contribution in [0.5, 0.6) is 11.5 Å². The number of rotatable bonds is 6. The number of ether oxygens (including phenoxy) is 2. The summed E-state index contributed by atoms with van der Waals surface area (Å²) in [6.07, 6.45) is 2.53. The highest BCUT2D eigenvalue weighted by molar-refractivity contribution is 5.31. The normalized spacial score (nSPS) is 15.9. The van der Waals surface area contributed by atoms with Crippen molar-refractivity contribution in [3.05, 3.63) is 36.0 Å². The summed E-state index contributed by atoms with van der Waals surface area (Å²) in [5.74, 6) is 3.94. The maximum Gasteiger partial charge on any atom is 0.229 e. The standard InChI is InChI=1S/C15H18N2O3/c1-10(11-3-4-11)15-16-14(17-20-15)9-19-13-7-5-12(18-2)6-8-13/h5-8,10-11H,3-4,9H2,1-2H3. The molecule has 1 atom stereocenters. The molecular weight excluding hydrogens is 256 g/mol. The van der Waals surface area contributed by atoms with Gasteiger partial charge < -0.3 is 14.0 Å². The third-order valence-electron chi connectivity index (χ3n) is 3.63. The van der Waals surface area contributed by atoms with E-state index >= 15 is 0 Å². The zero-order chi connectivity index (χ0) is 13.9. The second-order valence-electron chi connectivity index (χ2n) is 5.14. The van der Waals surface area contributed by atoms with Crippen molar-refractivity contribution in [2.45, 2.75) is 32.3 Å². The van der Waals surface area contributed by atoms with Crippen LogP contribution in [0.1, 0.15) is 37.4 Å². The largest absolute Gasteiger partial charge is 0.497 e. The van der Waals surface area contributed by atoms with E-state index < -0.39 is 0 Å². The molecule has 1 fully saturated rings. The summed E-state index contributed by atoms with van der Waals surface area (Å²) < 4.78 is 16.0. The number of aromatic nitrogens is 2. The molecule has 0 radical (unpaired) electrons. The van der Waals surface area contributed by atoms with Gasteiger partial charge in [0.15, 0.2) is 6.61 Å². The van der Waals surface area contributed by atoms with Crippen LogP contribution in [0.15, 0.2) is 28.8 Å². The number of hydrogen-bond acceptors (Lipinski definition) is 5. The Morgan fingerprint density at radius 3 is 2.60 bits per heavy atom. The van der Waals surface area contributed by atoms with Crippen molar-refractivity contribution in [2.24, 2.45) is 5.92 Å². The molecule has 1 aromatic heterocycles. The summed E-state index contributed by atoms with van der Waals surface area (Å²) in [6.45, 7) is 2.45. The lowest BCUT2D eigenvalue weighted by molar-refractivity contribution is 0.283. The first-order valence-electron chi connectivity index (χ1n) is 6.85. The second-order valence-corrected chi connectivity index (χ2v) is 5.14. The summed E-state index contributed by atoms with van der Waals surface area (Å²) in [6, 6.07) is 7.41. The zero-order valence-electron chi connectivity index (χ0n) is 11.7. The van der Waals surface area contributed by atoms with Gasteiger partial charge in [-0.2, -0.15) is 4.98 Å². The topological polar surface area (TPSA) is 57.4 Å². The molecule has 0 amide bonds. The summed E-state index contributed by atoms with van der Waals surface area (Å²) in [5.41, 5.74) is 0. The number of benzene rings is 1. The maximum atomic E-state index is 5.62. The Balaban J connectivity index is 1.57. The smallest absolute Gasteiger partial charge is 0.229 e. The van der Waals surface area contributed by atoms with Gasteiger partial charge in [0.05, 0.1) is 7.11 Å². The fourth-order valence-corrected chi connectivity index (χ4v) is 2.13. The van der Waals surface area contributed by atoms with E-state index in [4.69, 9.17) is 14.0 Å². The van der Waals surface area contributed by atoms with E-state index in [9.17, 15) is 0 Å². The molecule has 2 aromatic rings. The van der Waals surface area contributed by atoms with Gasteiger partial charge >= 0.3 is 0 Å². The van der Waals surface area contributed by atoms with Crippen LogP contribution in [0, 0.1) is 5.92 Å². The third-order valence-corrected chi connectivity index (χ3v) is 3.63. The van der Waals surface area contributed by atoms with E-state index in [1.807, 2.05) is 24.3 Å². The van der Waals surface area contributed by atoms with Crippen molar-refractivity contribution in [3.63, 3.8) is 0 Å². The number of nitrogens with zero attached hydrogens (tertiary/aromatic N) is 2. The fraction of sp³-hybridized carbons (Fsp3) is 0.467. The molecule has 1 heterocycles. The average Bonchev–Trinajstić information content (AvgIpc) is 3.23. The van der Waals surface area contributed by atoms with Crippen LogP contribution in [0.2, 0.25) is 0 Å². The van der Waals surface area contributed by atoms with Crippen molar-refractivity contribution in [2.75, 3.05) is 7.11 Å². The minimum Gasteiger partial charge on any atom is -0.497 e. The first-order chi connectivity index (χ1) is 9.76. The summed E-state index contributed by atoms with van der Waals surface area (Å²) in [4.78, 5) is 4.39. The first kappa shape index (κ1) is 13.0. The Labute approximate surface area is 117 Å². The van der Waals surface area contributed by atoms with Gasteiger partial charge in [0, 0.05) is 5.92 Å². The van der Waals surface area contributed by atoms with Crippen LogP contribution in [-0.2, 0) is 6.61 Å². The van der Waals surface area contributed by atoms with E-state index in [0.717, 1.165) is 17.4 Å². The molecule has 1 aromatic carbocycles. The van der Waals surface area contributed by atoms with Gasteiger partial charge in [0.1, 0.15) is 11.5 Å². The van der Waals surface area contributed by atoms with Crippen LogP contribution in [0.4, 0.5) is 0 Å². The predicted molar refractivity (Wildman–Crippen MR) is 72.8 cm³/mol. The summed E-state index contributed by atoms with van der Waals surface area (Å²) in [5, 5.41) is 3.96. The molecule has 0 aliphatic heterocycles. The van der Waals surface area contributed by atoms with Crippen molar-refractivity contribution >= 4 is 0 Å². The van der Waals surface area contributed by atoms with Gasteiger partial charge in [-0.3, -0.25) is 0 Å². The fourth-order valence-electron chi connectivity index (χ4n) is 2.13. The molecular formula is C15H18N2O3. The van der Waals surface area contributed by atoms with Gasteiger partial charge in [-0.05, 0) is 43.0 Å². The number of methoxy groups -OCH3 is 1. The Hall–Kier alpha value is -2.04. The molecule has 1 aliphatic carbocycles. The van der Waals surface area contributed by atoms with Crippen LogP contribution >= 0.6 is 0 Å². The van der Waals surface area contributed by atoms with Crippen LogP contribution in [-0.4, -0.2) is 17.3 Å². The lowest BCUT2D eigenvalue weighted by Gasteiger charge is -2.04. The van der Waals surface area contributed by atoms with E-state index in [0.29, 0.717) is 24.3 Å². The Bertz CT molecular complexity index is 561. The van der Waals surface area contributed by atoms with Gasteiger partial charge in [-0.1, -0.05) is 12.1 Å². The van der Waals surface area contributed by atoms with Gasteiger partial charge in [0.2, 0.25) is 11.7 Å². The molecule has 1 aliphatic rings. The summed E-state index contributed by atoms with van der Waals surface area (Å²) >= 11 is 0. The van der Waals surface area contributed by atoms with Crippen molar-refractivity contribution in [3.8, 4) is 11.5 Å². The average molecular weight is 274 g/mol. The highest BCUT2D eigenvalue weighted by Gasteiger charge is 2.32. The van der Waals surface area contributed by atoms with Crippen molar-refractivity contribution in [1.82, 2.24) is 10.1 Å². The molecule has 0 bridgehead atoms. The molecule has 0 spiro atoms. The van der Waals surface area contributed by atoms with E-state index in [1.54, 1.807) is 7.11 Å². The Morgan fingerprint density at radius 2 is 1.95 bits per heavy atom. The van der Waals surface area contributed by atoms with Gasteiger partial charge in [-0.15, -0.1) is 0 Å². The quantitative estimate of drug-likeness (QED) is 0.809. The van der Waals surface area contributed by atoms with E-state index in [-0.39, 0.29) is 0 Å². The van der Waals surface area contributed by atoms with Crippen LogP contribution in [0.25, 0.3) is 0 Å². The minimum absolute atomic E-state index is 0.313. The summed E-state index contributed by atoms with van der Waals surface area (Å²) in [7, 11) is 1.64. The Kier molecular flexibility index (Phi) is 3.58. The molecule has 106 valence electrons. The monoisotopic (exact) mass is 274 g/mol. The molecule has 0 saturated heterocycles. The lowest BCUT2D eigenvalue weighted by atomic mass is 10.1. The van der Waals surface area contributed by atoms with E-state index in [1.165, 1.54) is 12.8 Å². The minimum atomic E-state index is 0.313. The SMILES string of the molecule is COc1ccc(OCc2noc(C(C)C3CC3)n2)cc1. The van der Waals surface area contributed by atoms with E-state index in [2.05, 4.69) is 17.1 Å². The molecule has 0 N–H and O–H groups in total. The maximum absolute atomic E-state index is 5.62. The van der Waals surface area contributed by atoms with Crippen molar-refractivity contribution < 1.29 is 14.0 Å². The molecule has 1 unspecified atom stereocenters. The second kappa shape index (κ2) is 5.53. The van der Waals surface area contributed by atoms with Crippen molar-refractivity contribution in [1.29, 1.82) is 0 Å². The predicted octanol–water partition coefficient (Wildman–Crippen LogP) is 3.17. The van der Waals surface area contributed by atoms with Crippen LogP contribution < -0.4 is 9.47 Å². The molecule has 5 heteroatoms. The number of hydrogen-bond donors (Lipinski definition) is 0. The first-order valence-corrected chi connectivity index (χ1v) is 6.85. The Morgan fingerprint density at radius 1 is 1.25 bits per heavy atom. The highest BCUT2D eigenvalue weighted by Crippen LogP contribution is 2.41. The lowest BCUT2D eigenvalue weighted by Crippen LogP contribution is -1.99. The molecule has 1 saturated carbocycles. The van der Waals surface area contributed by atoms with Gasteiger partial charge in [-0.25, -0.2) is 0 Å². The molecule has 5 nitrogen and oxygen atoms in total. The highest BCUT2D eigenvalue weighted by atomic mass is 16.5.